The topological polar surface area (TPSA) is 58.4 Å². The van der Waals surface area contributed by atoms with E-state index in [2.05, 4.69) is 5.32 Å². The van der Waals surface area contributed by atoms with Gasteiger partial charge in [-0.15, -0.1) is 0 Å². The van der Waals surface area contributed by atoms with Crippen LogP contribution in [0, 0.1) is 0 Å². The lowest BCUT2D eigenvalue weighted by atomic mass is 10.2. The average molecular weight is 269 g/mol. The Labute approximate surface area is 119 Å². The minimum atomic E-state index is -0.0412. The van der Waals surface area contributed by atoms with Crippen molar-refractivity contribution >= 4 is 23.0 Å². The SMILES string of the molecule is CCN(CC(=O)Nc1ccccc1)c1cccc(N)c1. The molecule has 104 valence electrons. The summed E-state index contributed by atoms with van der Waals surface area (Å²) in [4.78, 5) is 14.0. The molecule has 0 aromatic heterocycles. The van der Waals surface area contributed by atoms with Crippen LogP contribution >= 0.6 is 0 Å². The minimum Gasteiger partial charge on any atom is -0.399 e. The fraction of sp³-hybridized carbons (Fsp3) is 0.188. The van der Waals surface area contributed by atoms with Gasteiger partial charge >= 0.3 is 0 Å². The molecule has 2 aromatic rings. The van der Waals surface area contributed by atoms with Crippen LogP contribution in [0.25, 0.3) is 0 Å². The molecule has 0 atom stereocenters. The van der Waals surface area contributed by atoms with E-state index in [1.807, 2.05) is 66.4 Å². The summed E-state index contributed by atoms with van der Waals surface area (Å²) in [7, 11) is 0. The molecular formula is C16H19N3O. The Morgan fingerprint density at radius 1 is 1.15 bits per heavy atom. The van der Waals surface area contributed by atoms with Crippen molar-refractivity contribution in [3.05, 3.63) is 54.6 Å². The summed E-state index contributed by atoms with van der Waals surface area (Å²) in [6.07, 6.45) is 0. The molecule has 0 aliphatic rings. The van der Waals surface area contributed by atoms with Gasteiger partial charge in [-0.05, 0) is 37.3 Å². The van der Waals surface area contributed by atoms with E-state index >= 15 is 0 Å². The maximum absolute atomic E-state index is 12.1. The number of hydrogen-bond acceptors (Lipinski definition) is 3. The summed E-state index contributed by atoms with van der Waals surface area (Å²) in [5.74, 6) is -0.0412. The number of carbonyl (C=O) groups excluding carboxylic acids is 1. The second-order valence-electron chi connectivity index (χ2n) is 4.52. The fourth-order valence-corrected chi connectivity index (χ4v) is 2.00. The minimum absolute atomic E-state index is 0.0412. The van der Waals surface area contributed by atoms with Gasteiger partial charge in [0.1, 0.15) is 0 Å². The lowest BCUT2D eigenvalue weighted by molar-refractivity contribution is -0.115. The summed E-state index contributed by atoms with van der Waals surface area (Å²) >= 11 is 0. The number of nitrogens with one attached hydrogen (secondary N) is 1. The molecule has 20 heavy (non-hydrogen) atoms. The van der Waals surface area contributed by atoms with Gasteiger partial charge in [-0.1, -0.05) is 24.3 Å². The zero-order valence-corrected chi connectivity index (χ0v) is 11.5. The molecule has 1 amide bonds. The standard InChI is InChI=1S/C16H19N3O/c1-2-19(15-10-6-7-13(17)11-15)12-16(20)18-14-8-4-3-5-9-14/h3-11H,2,12,17H2,1H3,(H,18,20). The van der Waals surface area contributed by atoms with Gasteiger partial charge in [0.25, 0.3) is 0 Å². The molecule has 0 heterocycles. The maximum Gasteiger partial charge on any atom is 0.243 e. The third kappa shape index (κ3) is 3.75. The molecule has 0 bridgehead atoms. The highest BCUT2D eigenvalue weighted by Crippen LogP contribution is 2.17. The lowest BCUT2D eigenvalue weighted by Crippen LogP contribution is -2.33. The molecule has 4 nitrogen and oxygen atoms in total. The number of nitrogens with zero attached hydrogens (tertiary/aromatic N) is 1. The normalized spacial score (nSPS) is 10.1. The van der Waals surface area contributed by atoms with Crippen molar-refractivity contribution < 1.29 is 4.79 Å². The Hall–Kier alpha value is -2.49. The van der Waals surface area contributed by atoms with E-state index in [-0.39, 0.29) is 5.91 Å². The smallest absolute Gasteiger partial charge is 0.243 e. The Morgan fingerprint density at radius 3 is 2.55 bits per heavy atom. The van der Waals surface area contributed by atoms with Gasteiger partial charge in [0.2, 0.25) is 5.91 Å². The van der Waals surface area contributed by atoms with E-state index in [9.17, 15) is 4.79 Å². The van der Waals surface area contributed by atoms with Crippen LogP contribution < -0.4 is 16.0 Å². The summed E-state index contributed by atoms with van der Waals surface area (Å²) in [6, 6.07) is 17.0. The monoisotopic (exact) mass is 269 g/mol. The molecule has 2 aromatic carbocycles. The van der Waals surface area contributed by atoms with Crippen LogP contribution in [-0.4, -0.2) is 19.0 Å². The van der Waals surface area contributed by atoms with Crippen molar-refractivity contribution in [2.45, 2.75) is 6.92 Å². The quantitative estimate of drug-likeness (QED) is 0.821. The highest BCUT2D eigenvalue weighted by molar-refractivity contribution is 5.94. The fourth-order valence-electron chi connectivity index (χ4n) is 2.00. The van der Waals surface area contributed by atoms with Crippen LogP contribution in [0.2, 0.25) is 0 Å². The lowest BCUT2D eigenvalue weighted by Gasteiger charge is -2.22. The van der Waals surface area contributed by atoms with Gasteiger partial charge in [-0.2, -0.15) is 0 Å². The Kier molecular flexibility index (Phi) is 4.60. The first-order chi connectivity index (χ1) is 9.69. The number of benzene rings is 2. The molecule has 0 aliphatic heterocycles. The second kappa shape index (κ2) is 6.61. The molecule has 4 heteroatoms. The zero-order chi connectivity index (χ0) is 14.4. The number of nitrogens with two attached hydrogens (primary N) is 1. The summed E-state index contributed by atoms with van der Waals surface area (Å²) in [5.41, 5.74) is 8.24. The molecule has 0 saturated heterocycles. The Balaban J connectivity index is 2.01. The number of carbonyl (C=O) groups is 1. The molecule has 0 radical (unpaired) electrons. The molecule has 0 saturated carbocycles. The first kappa shape index (κ1) is 13.9. The van der Waals surface area contributed by atoms with E-state index in [0.29, 0.717) is 12.2 Å². The molecule has 0 spiro atoms. The number of amides is 1. The van der Waals surface area contributed by atoms with Gasteiger partial charge in [0.15, 0.2) is 0 Å². The number of nitrogen functional groups attached to an aromatic ring is 1. The van der Waals surface area contributed by atoms with Gasteiger partial charge in [-0.25, -0.2) is 0 Å². The third-order valence-corrected chi connectivity index (χ3v) is 3.01. The predicted molar refractivity (Wildman–Crippen MR) is 83.8 cm³/mol. The maximum atomic E-state index is 12.1. The van der Waals surface area contributed by atoms with Crippen molar-refractivity contribution in [1.82, 2.24) is 0 Å². The summed E-state index contributed by atoms with van der Waals surface area (Å²) in [6.45, 7) is 3.06. The number of para-hydroxylation sites is 1. The van der Waals surface area contributed by atoms with Gasteiger partial charge < -0.3 is 16.0 Å². The number of anilines is 3. The van der Waals surface area contributed by atoms with Crippen LogP contribution in [0.15, 0.2) is 54.6 Å². The van der Waals surface area contributed by atoms with E-state index in [0.717, 1.165) is 17.9 Å². The highest BCUT2D eigenvalue weighted by atomic mass is 16.2. The van der Waals surface area contributed by atoms with Crippen molar-refractivity contribution in [1.29, 1.82) is 0 Å². The molecule has 0 fully saturated rings. The van der Waals surface area contributed by atoms with Crippen LogP contribution in [0.5, 0.6) is 0 Å². The predicted octanol–water partition coefficient (Wildman–Crippen LogP) is 2.73. The highest BCUT2D eigenvalue weighted by Gasteiger charge is 2.10. The number of hydrogen-bond donors (Lipinski definition) is 2. The van der Waals surface area contributed by atoms with Crippen molar-refractivity contribution in [2.75, 3.05) is 29.0 Å². The van der Waals surface area contributed by atoms with E-state index < -0.39 is 0 Å². The average Bonchev–Trinajstić information content (AvgIpc) is 2.46. The Bertz CT molecular complexity index is 569. The number of likely N-dealkylation sites (N-methyl/N-ethyl adjacent to an activating group) is 1. The molecule has 0 aliphatic carbocycles. The van der Waals surface area contributed by atoms with Gasteiger partial charge in [0, 0.05) is 23.6 Å². The van der Waals surface area contributed by atoms with Crippen molar-refractivity contribution in [3.8, 4) is 0 Å². The summed E-state index contributed by atoms with van der Waals surface area (Å²) in [5, 5.41) is 2.88. The largest absolute Gasteiger partial charge is 0.399 e. The first-order valence-electron chi connectivity index (χ1n) is 6.64. The van der Waals surface area contributed by atoms with Crippen LogP contribution in [0.4, 0.5) is 17.1 Å². The van der Waals surface area contributed by atoms with Gasteiger partial charge in [0.05, 0.1) is 6.54 Å². The first-order valence-corrected chi connectivity index (χ1v) is 6.64. The molecule has 0 unspecified atom stereocenters. The van der Waals surface area contributed by atoms with E-state index in [4.69, 9.17) is 5.73 Å². The van der Waals surface area contributed by atoms with Crippen LogP contribution in [-0.2, 0) is 4.79 Å². The van der Waals surface area contributed by atoms with E-state index in [1.165, 1.54) is 0 Å². The molecule has 2 rings (SSSR count). The van der Waals surface area contributed by atoms with E-state index in [1.54, 1.807) is 0 Å². The summed E-state index contributed by atoms with van der Waals surface area (Å²) < 4.78 is 0. The zero-order valence-electron chi connectivity index (χ0n) is 11.5. The second-order valence-corrected chi connectivity index (χ2v) is 4.52. The molecular weight excluding hydrogens is 250 g/mol. The van der Waals surface area contributed by atoms with Crippen molar-refractivity contribution in [2.24, 2.45) is 0 Å². The van der Waals surface area contributed by atoms with Crippen LogP contribution in [0.3, 0.4) is 0 Å². The third-order valence-electron chi connectivity index (χ3n) is 3.01. The molecule has 3 N–H and O–H groups in total. The van der Waals surface area contributed by atoms with Crippen LogP contribution in [0.1, 0.15) is 6.92 Å². The number of rotatable bonds is 5. The van der Waals surface area contributed by atoms with Gasteiger partial charge in [-0.3, -0.25) is 4.79 Å². The Morgan fingerprint density at radius 2 is 1.90 bits per heavy atom. The van der Waals surface area contributed by atoms with Crippen molar-refractivity contribution in [3.63, 3.8) is 0 Å².